The monoisotopic (exact) mass is 426 g/mol. The van der Waals surface area contributed by atoms with Crippen LogP contribution in [-0.4, -0.2) is 30.8 Å². The summed E-state index contributed by atoms with van der Waals surface area (Å²) in [6.45, 7) is 0.951. The minimum atomic E-state index is -3.97. The molecule has 4 rings (SSSR count). The van der Waals surface area contributed by atoms with Gasteiger partial charge in [-0.3, -0.25) is 4.55 Å². The van der Waals surface area contributed by atoms with Gasteiger partial charge in [0.25, 0.3) is 15.1 Å². The molecule has 7 nitrogen and oxygen atoms in total. The Balaban J connectivity index is 0.00000210. The Morgan fingerprint density at radius 2 is 2.15 bits per heavy atom. The van der Waals surface area contributed by atoms with E-state index in [1.165, 1.54) is 4.90 Å². The van der Waals surface area contributed by atoms with Gasteiger partial charge in [-0.15, -0.1) is 4.57 Å². The van der Waals surface area contributed by atoms with Gasteiger partial charge in [-0.25, -0.2) is 0 Å². The number of nitrogens with one attached hydrogen (secondary N) is 1. The highest BCUT2D eigenvalue weighted by atomic mass is 32.2. The fraction of sp³-hybridized carbons (Fsp3) is 0.235. The molecule has 0 saturated carbocycles. The molecule has 2 aliphatic heterocycles. The Morgan fingerprint density at radius 3 is 2.93 bits per heavy atom. The van der Waals surface area contributed by atoms with E-state index in [0.717, 1.165) is 26.5 Å². The number of para-hydroxylation sites is 1. The average molecular weight is 427 g/mol. The van der Waals surface area contributed by atoms with Crippen molar-refractivity contribution in [1.82, 2.24) is 0 Å². The van der Waals surface area contributed by atoms with Gasteiger partial charge in [0, 0.05) is 11.3 Å². The molecule has 0 radical (unpaired) electrons. The highest BCUT2D eigenvalue weighted by Crippen LogP contribution is 2.41. The van der Waals surface area contributed by atoms with Crippen molar-refractivity contribution in [1.29, 1.82) is 0 Å². The van der Waals surface area contributed by atoms with E-state index >= 15 is 0 Å². The smallest absolute Gasteiger partial charge is 0.387 e. The third kappa shape index (κ3) is 4.53. The second-order valence-corrected chi connectivity index (χ2v) is 9.56. The Hall–Kier alpha value is -1.85. The van der Waals surface area contributed by atoms with Crippen LogP contribution in [0, 0.1) is 0 Å². The summed E-state index contributed by atoms with van der Waals surface area (Å²) in [5.41, 5.74) is 1.08. The lowest BCUT2D eigenvalue weighted by Gasteiger charge is -2.05. The van der Waals surface area contributed by atoms with Gasteiger partial charge in [0.15, 0.2) is 6.54 Å². The van der Waals surface area contributed by atoms with Crippen LogP contribution in [0.25, 0.3) is 12.2 Å². The summed E-state index contributed by atoms with van der Waals surface area (Å²) in [5, 5.41) is 5.38. The first-order valence-electron chi connectivity index (χ1n) is 8.06. The van der Waals surface area contributed by atoms with Gasteiger partial charge in [0.1, 0.15) is 11.5 Å². The molecule has 3 heterocycles. The molecule has 2 aromatic rings. The number of thiazole rings is 1. The van der Waals surface area contributed by atoms with Crippen molar-refractivity contribution in [2.24, 2.45) is 0 Å². The highest BCUT2D eigenvalue weighted by molar-refractivity contribution is 8.03. The molecule has 0 atom stereocenters. The van der Waals surface area contributed by atoms with E-state index in [1.807, 2.05) is 34.9 Å². The van der Waals surface area contributed by atoms with Crippen LogP contribution in [0.4, 0.5) is 5.69 Å². The van der Waals surface area contributed by atoms with Crippen molar-refractivity contribution in [2.75, 3.05) is 17.7 Å². The van der Waals surface area contributed by atoms with Crippen LogP contribution < -0.4 is 14.6 Å². The first-order chi connectivity index (χ1) is 12.5. The largest absolute Gasteiger partial charge is 0.870 e. The molecule has 0 amide bonds. The number of nitrogens with zero attached hydrogens (tertiary/aromatic N) is 1. The van der Waals surface area contributed by atoms with Gasteiger partial charge >= 0.3 is 5.88 Å². The summed E-state index contributed by atoms with van der Waals surface area (Å²) >= 11 is 3.26. The maximum absolute atomic E-state index is 11.0. The molecule has 0 bridgehead atoms. The topological polar surface area (TPSA) is 110 Å². The summed E-state index contributed by atoms with van der Waals surface area (Å²) < 4.78 is 38.8. The minimum Gasteiger partial charge on any atom is -0.870 e. The predicted octanol–water partition coefficient (Wildman–Crippen LogP) is 3.06. The maximum Gasteiger partial charge on any atom is 0.387 e. The number of benzene rings is 1. The van der Waals surface area contributed by atoms with Crippen molar-refractivity contribution >= 4 is 51.1 Å². The zero-order chi connectivity index (χ0) is 18.1. The Labute approximate surface area is 165 Å². The molecule has 1 aromatic heterocycles. The molecule has 10 heteroatoms. The molecule has 0 fully saturated rings. The van der Waals surface area contributed by atoms with E-state index in [0.29, 0.717) is 19.6 Å². The summed E-state index contributed by atoms with van der Waals surface area (Å²) in [5.74, 6) is 0.481. The third-order valence-electron chi connectivity index (χ3n) is 3.93. The Morgan fingerprint density at radius 1 is 1.33 bits per heavy atom. The van der Waals surface area contributed by atoms with Crippen molar-refractivity contribution < 1.29 is 27.8 Å². The van der Waals surface area contributed by atoms with E-state index in [-0.39, 0.29) is 11.2 Å². The van der Waals surface area contributed by atoms with Gasteiger partial charge in [-0.05, 0) is 24.3 Å². The summed E-state index contributed by atoms with van der Waals surface area (Å²) in [6.07, 6.45) is 6.35. The molecule has 0 unspecified atom stereocenters. The number of fused-ring (bicyclic) bond motifs is 2. The van der Waals surface area contributed by atoms with Crippen LogP contribution >= 0.6 is 23.1 Å². The first kappa shape index (κ1) is 19.9. The zero-order valence-electron chi connectivity index (χ0n) is 14.2. The van der Waals surface area contributed by atoms with Crippen LogP contribution in [0.1, 0.15) is 16.3 Å². The molecule has 144 valence electrons. The number of ether oxygens (including phenoxy) is 1. The number of rotatable bonds is 5. The summed E-state index contributed by atoms with van der Waals surface area (Å²) in [6, 6.07) is 8.11. The van der Waals surface area contributed by atoms with Crippen LogP contribution in [-0.2, 0) is 16.7 Å². The van der Waals surface area contributed by atoms with E-state index in [4.69, 9.17) is 9.29 Å². The zero-order valence-corrected chi connectivity index (χ0v) is 16.6. The molecule has 1 aromatic carbocycles. The Kier molecular flexibility index (Phi) is 5.92. The van der Waals surface area contributed by atoms with E-state index in [1.54, 1.807) is 23.1 Å². The molecule has 2 aliphatic rings. The molecule has 0 saturated heterocycles. The predicted molar refractivity (Wildman–Crippen MR) is 106 cm³/mol. The first-order valence-corrected chi connectivity index (χ1v) is 11.3. The van der Waals surface area contributed by atoms with Gasteiger partial charge in [0.05, 0.1) is 22.5 Å². The summed E-state index contributed by atoms with van der Waals surface area (Å²) in [4.78, 5) is 2.18. The van der Waals surface area contributed by atoms with Gasteiger partial charge in [0.2, 0.25) is 0 Å². The van der Waals surface area contributed by atoms with Crippen molar-refractivity contribution in [3.05, 3.63) is 45.3 Å². The molecular formula is C17H18N2O5S3. The minimum absolute atomic E-state index is 0. The van der Waals surface area contributed by atoms with Crippen LogP contribution in [0.5, 0.6) is 5.88 Å². The molecule has 0 aliphatic carbocycles. The second-order valence-electron chi connectivity index (χ2n) is 5.85. The lowest BCUT2D eigenvalue weighted by molar-refractivity contribution is -0.698. The highest BCUT2D eigenvalue weighted by Gasteiger charge is 2.29. The van der Waals surface area contributed by atoms with Gasteiger partial charge in [-0.2, -0.15) is 8.42 Å². The van der Waals surface area contributed by atoms with Crippen LogP contribution in [0.15, 0.2) is 40.3 Å². The average Bonchev–Trinajstić information content (AvgIpc) is 3.15. The standard InChI is InChI=1S/C17H16N2O4S3.H2O/c20-26(21,22)10-4-8-19-16(25-14-7-3-9-23-17(14)19)11-15-18-12-5-1-2-6-13(12)24-15;/h1-3,5-7,11H,4,8-10H2,(H,20,21,22);1H2. The lowest BCUT2D eigenvalue weighted by Crippen LogP contribution is -2.38. The SMILES string of the molecule is O=S(=O)(O)CCC[n+]1c(C=C2Nc3ccccc3S2)sc2c1OCC=C2.[OH-]. The van der Waals surface area contributed by atoms with Crippen LogP contribution in [0.2, 0.25) is 0 Å². The second kappa shape index (κ2) is 8.03. The van der Waals surface area contributed by atoms with Crippen molar-refractivity contribution in [3.63, 3.8) is 0 Å². The van der Waals surface area contributed by atoms with E-state index < -0.39 is 10.1 Å². The molecule has 27 heavy (non-hydrogen) atoms. The van der Waals surface area contributed by atoms with E-state index in [9.17, 15) is 8.42 Å². The molecule has 0 spiro atoms. The normalized spacial score (nSPS) is 16.3. The van der Waals surface area contributed by atoms with Gasteiger partial charge in [-0.1, -0.05) is 35.2 Å². The third-order valence-corrected chi connectivity index (χ3v) is 6.82. The van der Waals surface area contributed by atoms with Crippen molar-refractivity contribution in [2.45, 2.75) is 17.9 Å². The number of hydrogen-bond acceptors (Lipinski definition) is 7. The fourth-order valence-corrected chi connectivity index (χ4v) is 5.44. The number of anilines is 1. The van der Waals surface area contributed by atoms with E-state index in [2.05, 4.69) is 17.5 Å². The van der Waals surface area contributed by atoms with Gasteiger partial charge < -0.3 is 15.5 Å². The van der Waals surface area contributed by atoms with Crippen molar-refractivity contribution in [3.8, 4) is 5.88 Å². The van der Waals surface area contributed by atoms with Crippen LogP contribution in [0.3, 0.4) is 0 Å². The maximum atomic E-state index is 11.0. The lowest BCUT2D eigenvalue weighted by atomic mass is 10.3. The fourth-order valence-electron chi connectivity index (χ4n) is 2.82. The number of thioether (sulfide) groups is 1. The quantitative estimate of drug-likeness (QED) is 0.558. The molecular weight excluding hydrogens is 408 g/mol. The summed E-state index contributed by atoms with van der Waals surface area (Å²) in [7, 11) is -3.97. The number of aromatic nitrogens is 1. The molecule has 3 N–H and O–H groups in total. The number of hydrogen-bond donors (Lipinski definition) is 2. The Bertz CT molecular complexity index is 985.